The average molecular weight is 265 g/mol. The van der Waals surface area contributed by atoms with E-state index in [2.05, 4.69) is 4.74 Å². The van der Waals surface area contributed by atoms with E-state index >= 15 is 0 Å². The fourth-order valence-electron chi connectivity index (χ4n) is 1.06. The Morgan fingerprint density at radius 3 is 2.06 bits per heavy atom. The van der Waals surface area contributed by atoms with Gasteiger partial charge in [0, 0.05) is 0 Å². The van der Waals surface area contributed by atoms with E-state index in [0.717, 1.165) is 0 Å². The van der Waals surface area contributed by atoms with Gasteiger partial charge in [-0.15, -0.1) is 11.6 Å². The number of carbonyl (C=O) groups is 2. The van der Waals surface area contributed by atoms with Crippen molar-refractivity contribution < 1.29 is 19.1 Å². The molecule has 0 heterocycles. The lowest BCUT2D eigenvalue weighted by Crippen LogP contribution is -2.42. The van der Waals surface area contributed by atoms with Crippen LogP contribution in [0.5, 0.6) is 0 Å². The van der Waals surface area contributed by atoms with Crippen LogP contribution >= 0.6 is 11.6 Å². The fraction of sp³-hybridized carbons (Fsp3) is 0.833. The molecule has 0 aromatic rings. The number of rotatable bonds is 5. The topological polar surface area (TPSA) is 52.6 Å². The van der Waals surface area contributed by atoms with Crippen LogP contribution < -0.4 is 0 Å². The molecule has 0 rings (SSSR count). The van der Waals surface area contributed by atoms with E-state index in [4.69, 9.17) is 16.3 Å². The second-order valence-electron chi connectivity index (χ2n) is 5.25. The zero-order valence-electron chi connectivity index (χ0n) is 11.3. The fourth-order valence-corrected chi connectivity index (χ4v) is 1.11. The molecule has 0 saturated heterocycles. The summed E-state index contributed by atoms with van der Waals surface area (Å²) in [4.78, 5) is 23.5. The third-order valence-electron chi connectivity index (χ3n) is 2.85. The number of alkyl halides is 1. The summed E-state index contributed by atoms with van der Waals surface area (Å²) in [5.41, 5.74) is -1.69. The highest BCUT2D eigenvalue weighted by molar-refractivity contribution is 6.18. The molecule has 4 nitrogen and oxygen atoms in total. The van der Waals surface area contributed by atoms with Crippen molar-refractivity contribution in [3.8, 4) is 0 Å². The van der Waals surface area contributed by atoms with Crippen molar-refractivity contribution in [1.29, 1.82) is 0 Å². The van der Waals surface area contributed by atoms with E-state index in [1.165, 1.54) is 7.11 Å². The van der Waals surface area contributed by atoms with Crippen molar-refractivity contribution in [2.24, 2.45) is 11.3 Å². The maximum atomic E-state index is 12.0. The first-order valence-corrected chi connectivity index (χ1v) is 5.99. The lowest BCUT2D eigenvalue weighted by atomic mass is 9.80. The Kier molecular flexibility index (Phi) is 5.46. The van der Waals surface area contributed by atoms with Crippen LogP contribution in [0.4, 0.5) is 0 Å². The first kappa shape index (κ1) is 16.2. The highest BCUT2D eigenvalue weighted by atomic mass is 35.5. The molecule has 0 amide bonds. The number of ether oxygens (including phenoxy) is 2. The summed E-state index contributed by atoms with van der Waals surface area (Å²) < 4.78 is 9.92. The second kappa shape index (κ2) is 5.71. The van der Waals surface area contributed by atoms with Crippen LogP contribution in [0.3, 0.4) is 0 Å². The van der Waals surface area contributed by atoms with Crippen LogP contribution in [0.2, 0.25) is 0 Å². The SMILES string of the molecule is COC(=O)C(C)C(C)(C)C(=O)OC(C)(C)CCl. The van der Waals surface area contributed by atoms with E-state index < -0.39 is 28.9 Å². The Morgan fingerprint density at radius 2 is 1.71 bits per heavy atom. The third kappa shape index (κ3) is 4.19. The summed E-state index contributed by atoms with van der Waals surface area (Å²) in [6, 6.07) is 0. The van der Waals surface area contributed by atoms with E-state index in [9.17, 15) is 9.59 Å². The Labute approximate surface area is 108 Å². The quantitative estimate of drug-likeness (QED) is 0.565. The number of carbonyl (C=O) groups excluding carboxylic acids is 2. The highest BCUT2D eigenvalue weighted by Crippen LogP contribution is 2.31. The molecule has 1 unspecified atom stereocenters. The molecule has 5 heteroatoms. The summed E-state index contributed by atoms with van der Waals surface area (Å²) in [7, 11) is 1.29. The van der Waals surface area contributed by atoms with Gasteiger partial charge >= 0.3 is 11.9 Å². The summed E-state index contributed by atoms with van der Waals surface area (Å²) >= 11 is 5.69. The average Bonchev–Trinajstić information content (AvgIpc) is 2.26. The van der Waals surface area contributed by atoms with Gasteiger partial charge in [-0.1, -0.05) is 6.92 Å². The van der Waals surface area contributed by atoms with E-state index in [0.29, 0.717) is 0 Å². The van der Waals surface area contributed by atoms with Gasteiger partial charge in [0.2, 0.25) is 0 Å². The number of hydrogen-bond donors (Lipinski definition) is 0. The monoisotopic (exact) mass is 264 g/mol. The summed E-state index contributed by atoms with van der Waals surface area (Å²) in [6.07, 6.45) is 0. The Bertz CT molecular complexity index is 297. The van der Waals surface area contributed by atoms with Gasteiger partial charge in [-0.25, -0.2) is 0 Å². The summed E-state index contributed by atoms with van der Waals surface area (Å²) in [6.45, 7) is 8.39. The third-order valence-corrected chi connectivity index (χ3v) is 3.50. The standard InChI is InChI=1S/C12H21ClO4/c1-8(9(14)16-6)12(4,5)10(15)17-11(2,3)7-13/h8H,7H2,1-6H3. The maximum Gasteiger partial charge on any atom is 0.312 e. The van der Waals surface area contributed by atoms with E-state index in [-0.39, 0.29) is 5.88 Å². The van der Waals surface area contributed by atoms with Gasteiger partial charge in [-0.3, -0.25) is 9.59 Å². The van der Waals surface area contributed by atoms with Gasteiger partial charge in [0.05, 0.1) is 24.3 Å². The van der Waals surface area contributed by atoms with Crippen molar-refractivity contribution in [2.75, 3.05) is 13.0 Å². The zero-order chi connectivity index (χ0) is 13.9. The smallest absolute Gasteiger partial charge is 0.312 e. The van der Waals surface area contributed by atoms with Crippen LogP contribution in [0.15, 0.2) is 0 Å². The first-order chi connectivity index (χ1) is 7.58. The van der Waals surface area contributed by atoms with Crippen molar-refractivity contribution in [2.45, 2.75) is 40.2 Å². The molecule has 0 radical (unpaired) electrons. The lowest BCUT2D eigenvalue weighted by Gasteiger charge is -2.32. The molecule has 0 spiro atoms. The number of halogens is 1. The van der Waals surface area contributed by atoms with Crippen LogP contribution in [0, 0.1) is 11.3 Å². The second-order valence-corrected chi connectivity index (χ2v) is 5.52. The molecular formula is C12H21ClO4. The van der Waals surface area contributed by atoms with Crippen LogP contribution in [-0.4, -0.2) is 30.5 Å². The molecular weight excluding hydrogens is 244 g/mol. The molecule has 0 N–H and O–H groups in total. The molecule has 0 bridgehead atoms. The molecule has 17 heavy (non-hydrogen) atoms. The van der Waals surface area contributed by atoms with Gasteiger partial charge in [0.25, 0.3) is 0 Å². The van der Waals surface area contributed by atoms with Gasteiger partial charge in [0.1, 0.15) is 5.60 Å². The molecule has 100 valence electrons. The molecule has 0 aliphatic heterocycles. The number of hydrogen-bond acceptors (Lipinski definition) is 4. The molecule has 0 aromatic heterocycles. The molecule has 0 aliphatic carbocycles. The van der Waals surface area contributed by atoms with Crippen LogP contribution in [0.1, 0.15) is 34.6 Å². The minimum absolute atomic E-state index is 0.196. The van der Waals surface area contributed by atoms with Crippen molar-refractivity contribution in [1.82, 2.24) is 0 Å². The highest BCUT2D eigenvalue weighted by Gasteiger charge is 2.42. The van der Waals surface area contributed by atoms with Crippen LogP contribution in [-0.2, 0) is 19.1 Å². The molecule has 0 aliphatic rings. The van der Waals surface area contributed by atoms with Gasteiger partial charge in [-0.05, 0) is 27.7 Å². The predicted octanol–water partition coefficient (Wildman–Crippen LogP) is 2.38. The largest absolute Gasteiger partial charge is 0.469 e. The van der Waals surface area contributed by atoms with Gasteiger partial charge < -0.3 is 9.47 Å². The molecule has 1 atom stereocenters. The Balaban J connectivity index is 4.82. The Morgan fingerprint density at radius 1 is 1.24 bits per heavy atom. The van der Waals surface area contributed by atoms with E-state index in [1.54, 1.807) is 34.6 Å². The minimum atomic E-state index is -0.948. The summed E-state index contributed by atoms with van der Waals surface area (Å²) in [5, 5.41) is 0. The van der Waals surface area contributed by atoms with Crippen LogP contribution in [0.25, 0.3) is 0 Å². The predicted molar refractivity (Wildman–Crippen MR) is 65.9 cm³/mol. The van der Waals surface area contributed by atoms with Crippen molar-refractivity contribution in [3.05, 3.63) is 0 Å². The van der Waals surface area contributed by atoms with Crippen molar-refractivity contribution >= 4 is 23.5 Å². The number of esters is 2. The zero-order valence-corrected chi connectivity index (χ0v) is 12.1. The lowest BCUT2D eigenvalue weighted by molar-refractivity contribution is -0.173. The van der Waals surface area contributed by atoms with Crippen molar-refractivity contribution in [3.63, 3.8) is 0 Å². The Hall–Kier alpha value is -0.770. The molecule has 0 aromatic carbocycles. The first-order valence-electron chi connectivity index (χ1n) is 5.45. The van der Waals surface area contributed by atoms with Gasteiger partial charge in [-0.2, -0.15) is 0 Å². The maximum absolute atomic E-state index is 12.0. The number of methoxy groups -OCH3 is 1. The van der Waals surface area contributed by atoms with E-state index in [1.807, 2.05) is 0 Å². The van der Waals surface area contributed by atoms with Gasteiger partial charge in [0.15, 0.2) is 0 Å². The molecule has 0 saturated carbocycles. The minimum Gasteiger partial charge on any atom is -0.469 e. The molecule has 0 fully saturated rings. The summed E-state index contributed by atoms with van der Waals surface area (Å²) in [5.74, 6) is -1.27. The normalized spacial score (nSPS) is 14.1.